The van der Waals surface area contributed by atoms with Gasteiger partial charge >= 0.3 is 0 Å². The van der Waals surface area contributed by atoms with Crippen LogP contribution in [0.5, 0.6) is 0 Å². The van der Waals surface area contributed by atoms with Crippen LogP contribution in [0.2, 0.25) is 0 Å². The van der Waals surface area contributed by atoms with Crippen molar-refractivity contribution in [2.75, 3.05) is 13.1 Å². The quantitative estimate of drug-likeness (QED) is 0.875. The summed E-state index contributed by atoms with van der Waals surface area (Å²) in [6.45, 7) is 3.00. The van der Waals surface area contributed by atoms with Crippen LogP contribution in [0.4, 0.5) is 0 Å². The van der Waals surface area contributed by atoms with E-state index in [4.69, 9.17) is 0 Å². The van der Waals surface area contributed by atoms with Crippen molar-refractivity contribution in [3.8, 4) is 0 Å². The number of aryl methyl sites for hydroxylation is 1. The minimum Gasteiger partial charge on any atom is -0.391 e. The number of piperidine rings is 1. The van der Waals surface area contributed by atoms with Crippen LogP contribution in [0.25, 0.3) is 0 Å². The molecule has 0 radical (unpaired) electrons. The summed E-state index contributed by atoms with van der Waals surface area (Å²) < 4.78 is 24.6. The Kier molecular flexibility index (Phi) is 4.39. The van der Waals surface area contributed by atoms with Crippen LogP contribution in [0.3, 0.4) is 0 Å². The average Bonchev–Trinajstić information content (AvgIpc) is 2.72. The Morgan fingerprint density at radius 2 is 2.06 bits per heavy atom. The molecule has 0 aliphatic carbocycles. The first-order valence-corrected chi connectivity index (χ1v) is 8.36. The van der Waals surface area contributed by atoms with E-state index in [1.165, 1.54) is 11.3 Å². The monoisotopic (exact) mass is 290 g/mol. The van der Waals surface area contributed by atoms with Crippen molar-refractivity contribution in [2.45, 2.75) is 37.7 Å². The predicted molar refractivity (Wildman–Crippen MR) is 70.7 cm³/mol. The van der Waals surface area contributed by atoms with E-state index in [-0.39, 0.29) is 11.5 Å². The Labute approximate surface area is 111 Å². The van der Waals surface area contributed by atoms with Gasteiger partial charge in [0, 0.05) is 13.1 Å². The van der Waals surface area contributed by atoms with Gasteiger partial charge < -0.3 is 5.11 Å². The normalized spacial score (nSPS) is 18.1. The van der Waals surface area contributed by atoms with Gasteiger partial charge in [-0.05, 0) is 30.7 Å². The molecule has 0 atom stereocenters. The molecule has 1 aromatic heterocycles. The molecule has 1 aromatic rings. The third kappa shape index (κ3) is 2.92. The van der Waals surface area contributed by atoms with Crippen molar-refractivity contribution < 1.29 is 13.5 Å². The van der Waals surface area contributed by atoms with Gasteiger partial charge in [0.05, 0.1) is 11.5 Å². The number of thiophene rings is 1. The lowest BCUT2D eigenvalue weighted by Gasteiger charge is -2.26. The number of hydrazine groups is 1. The van der Waals surface area contributed by atoms with Crippen molar-refractivity contribution in [2.24, 2.45) is 0 Å². The molecule has 18 heavy (non-hydrogen) atoms. The third-order valence-corrected chi connectivity index (χ3v) is 5.83. The highest BCUT2D eigenvalue weighted by Gasteiger charge is 2.25. The van der Waals surface area contributed by atoms with Crippen molar-refractivity contribution in [1.82, 2.24) is 9.84 Å². The summed E-state index contributed by atoms with van der Waals surface area (Å²) in [6, 6.07) is 0. The van der Waals surface area contributed by atoms with Crippen LogP contribution in [0.1, 0.15) is 29.7 Å². The van der Waals surface area contributed by atoms with E-state index in [0.717, 1.165) is 32.4 Å². The molecule has 0 amide bonds. The van der Waals surface area contributed by atoms with Crippen LogP contribution in [0.15, 0.2) is 10.3 Å². The largest absolute Gasteiger partial charge is 0.391 e. The second kappa shape index (κ2) is 5.66. The zero-order chi connectivity index (χ0) is 13.2. The molecular formula is C11H18N2O3S2. The maximum atomic E-state index is 12.3. The number of hydrogen-bond donors (Lipinski definition) is 2. The smallest absolute Gasteiger partial charge is 0.254 e. The Balaban J connectivity index is 2.21. The first-order valence-electron chi connectivity index (χ1n) is 6.00. The third-order valence-electron chi connectivity index (χ3n) is 3.01. The van der Waals surface area contributed by atoms with E-state index in [1.807, 2.05) is 0 Å². The number of aliphatic hydroxyl groups is 1. The van der Waals surface area contributed by atoms with Gasteiger partial charge in [0.1, 0.15) is 4.90 Å². The molecule has 102 valence electrons. The number of hydrogen-bond acceptors (Lipinski definition) is 5. The molecule has 1 aliphatic heterocycles. The second-order valence-corrected chi connectivity index (χ2v) is 7.03. The fourth-order valence-electron chi connectivity index (χ4n) is 2.16. The van der Waals surface area contributed by atoms with Gasteiger partial charge in [0.25, 0.3) is 10.0 Å². The van der Waals surface area contributed by atoms with Gasteiger partial charge in [-0.1, -0.05) is 6.42 Å². The fourth-order valence-corrected chi connectivity index (χ4v) is 4.95. The van der Waals surface area contributed by atoms with Gasteiger partial charge in [-0.15, -0.1) is 16.2 Å². The maximum absolute atomic E-state index is 12.3. The van der Waals surface area contributed by atoms with Crippen molar-refractivity contribution in [3.05, 3.63) is 15.8 Å². The summed E-state index contributed by atoms with van der Waals surface area (Å²) in [4.78, 5) is 3.35. The fraction of sp³-hybridized carbons (Fsp3) is 0.636. The van der Waals surface area contributed by atoms with Gasteiger partial charge in [0.15, 0.2) is 0 Å². The minimum absolute atomic E-state index is 0.237. The minimum atomic E-state index is -3.56. The summed E-state index contributed by atoms with van der Waals surface area (Å²) in [5.74, 6) is 0. The highest BCUT2D eigenvalue weighted by atomic mass is 32.2. The summed E-state index contributed by atoms with van der Waals surface area (Å²) in [5, 5.41) is 12.7. The topological polar surface area (TPSA) is 69.6 Å². The lowest BCUT2D eigenvalue weighted by Crippen LogP contribution is -2.45. The molecule has 0 saturated carbocycles. The lowest BCUT2D eigenvalue weighted by atomic mass is 10.2. The summed E-state index contributed by atoms with van der Waals surface area (Å²) in [6.07, 6.45) is 3.17. The molecule has 0 spiro atoms. The summed E-state index contributed by atoms with van der Waals surface area (Å²) in [7, 11) is -3.56. The van der Waals surface area contributed by atoms with Crippen LogP contribution in [-0.2, 0) is 16.6 Å². The molecule has 2 heterocycles. The highest BCUT2D eigenvalue weighted by Crippen LogP contribution is 2.27. The first kappa shape index (κ1) is 14.0. The molecule has 0 bridgehead atoms. The van der Waals surface area contributed by atoms with Gasteiger partial charge in [-0.2, -0.15) is 0 Å². The van der Waals surface area contributed by atoms with Crippen LogP contribution < -0.4 is 4.83 Å². The maximum Gasteiger partial charge on any atom is 0.254 e. The average molecular weight is 290 g/mol. The molecule has 1 saturated heterocycles. The van der Waals surface area contributed by atoms with E-state index in [0.29, 0.717) is 10.4 Å². The standard InChI is InChI=1S/C11H18N2O3S2/c1-9-8-17-10(7-14)11(9)18(15,16)12-13-5-3-2-4-6-13/h8,12,14H,2-7H2,1H3. The van der Waals surface area contributed by atoms with E-state index in [9.17, 15) is 13.5 Å². The summed E-state index contributed by atoms with van der Waals surface area (Å²) >= 11 is 1.28. The zero-order valence-corrected chi connectivity index (χ0v) is 12.0. The lowest BCUT2D eigenvalue weighted by molar-refractivity contribution is 0.199. The van der Waals surface area contributed by atoms with Crippen molar-refractivity contribution >= 4 is 21.4 Å². The van der Waals surface area contributed by atoms with E-state index in [1.54, 1.807) is 17.3 Å². The predicted octanol–water partition coefficient (Wildman–Crippen LogP) is 1.23. The number of nitrogens with zero attached hydrogens (tertiary/aromatic N) is 1. The van der Waals surface area contributed by atoms with Gasteiger partial charge in [-0.25, -0.2) is 13.4 Å². The Morgan fingerprint density at radius 3 is 2.67 bits per heavy atom. The second-order valence-electron chi connectivity index (χ2n) is 4.47. The Bertz CT molecular complexity index is 504. The van der Waals surface area contributed by atoms with Gasteiger partial charge in [0.2, 0.25) is 0 Å². The van der Waals surface area contributed by atoms with E-state index >= 15 is 0 Å². The molecule has 1 aliphatic rings. The zero-order valence-electron chi connectivity index (χ0n) is 10.3. The van der Waals surface area contributed by atoms with Crippen LogP contribution in [-0.4, -0.2) is 31.6 Å². The number of sulfonamides is 1. The Morgan fingerprint density at radius 1 is 1.39 bits per heavy atom. The number of aliphatic hydroxyl groups excluding tert-OH is 1. The summed E-state index contributed by atoms with van der Waals surface area (Å²) in [5.41, 5.74) is 0.688. The van der Waals surface area contributed by atoms with Crippen molar-refractivity contribution in [1.29, 1.82) is 0 Å². The Hall–Kier alpha value is -0.470. The number of nitrogens with one attached hydrogen (secondary N) is 1. The van der Waals surface area contributed by atoms with Crippen LogP contribution in [0, 0.1) is 6.92 Å². The molecular weight excluding hydrogens is 272 g/mol. The molecule has 0 unspecified atom stereocenters. The molecule has 5 nitrogen and oxygen atoms in total. The number of rotatable bonds is 4. The molecule has 2 rings (SSSR count). The van der Waals surface area contributed by atoms with E-state index < -0.39 is 10.0 Å². The van der Waals surface area contributed by atoms with E-state index in [2.05, 4.69) is 4.83 Å². The van der Waals surface area contributed by atoms with Gasteiger partial charge in [-0.3, -0.25) is 0 Å². The highest BCUT2D eigenvalue weighted by molar-refractivity contribution is 7.89. The first-order chi connectivity index (χ1) is 8.54. The van der Waals surface area contributed by atoms with Crippen LogP contribution >= 0.6 is 11.3 Å². The molecule has 2 N–H and O–H groups in total. The molecule has 7 heteroatoms. The SMILES string of the molecule is Cc1csc(CO)c1S(=O)(=O)NN1CCCCC1. The molecule has 1 fully saturated rings. The molecule has 0 aromatic carbocycles. The van der Waals surface area contributed by atoms with Crippen molar-refractivity contribution in [3.63, 3.8) is 0 Å².